The number of hydrogen-bond acceptors (Lipinski definition) is 2. The number of unbranched alkanes of at least 4 members (excludes halogenated alkanes) is 8. The lowest BCUT2D eigenvalue weighted by molar-refractivity contribution is 0.111. The van der Waals surface area contributed by atoms with Crippen LogP contribution in [0.3, 0.4) is 0 Å². The third-order valence-electron chi connectivity index (χ3n) is 4.27. The number of aryl methyl sites for hydroxylation is 1. The first-order valence-corrected chi connectivity index (χ1v) is 8.77. The molecule has 1 heterocycles. The summed E-state index contributed by atoms with van der Waals surface area (Å²) in [6, 6.07) is 7.98. The van der Waals surface area contributed by atoms with Gasteiger partial charge in [-0.3, -0.25) is 4.79 Å². The van der Waals surface area contributed by atoms with Gasteiger partial charge in [0.15, 0.2) is 12.1 Å². The second kappa shape index (κ2) is 9.39. The molecule has 0 amide bonds. The van der Waals surface area contributed by atoms with Gasteiger partial charge in [-0.2, -0.15) is 0 Å². The first-order chi connectivity index (χ1) is 10.9. The Morgan fingerprint density at radius 3 is 2.27 bits per heavy atom. The van der Waals surface area contributed by atoms with Gasteiger partial charge in [0, 0.05) is 6.54 Å². The van der Waals surface area contributed by atoms with Gasteiger partial charge in [0.25, 0.3) is 0 Å². The molecule has 0 radical (unpaired) electrons. The summed E-state index contributed by atoms with van der Waals surface area (Å²) in [4.78, 5) is 15.6. The second-order valence-corrected chi connectivity index (χ2v) is 6.06. The maximum absolute atomic E-state index is 11.2. The SMILES string of the molecule is CCCCCCCCCCCn1c(C=O)nc2ccccc21. The summed E-state index contributed by atoms with van der Waals surface area (Å²) < 4.78 is 2.06. The number of aldehydes is 1. The average Bonchev–Trinajstić information content (AvgIpc) is 2.91. The van der Waals surface area contributed by atoms with Crippen molar-refractivity contribution in [1.29, 1.82) is 0 Å². The van der Waals surface area contributed by atoms with E-state index < -0.39 is 0 Å². The van der Waals surface area contributed by atoms with Crippen molar-refractivity contribution >= 4 is 17.3 Å². The van der Waals surface area contributed by atoms with Gasteiger partial charge in [0.1, 0.15) is 0 Å². The van der Waals surface area contributed by atoms with Crippen LogP contribution in [0.15, 0.2) is 24.3 Å². The minimum atomic E-state index is 0.556. The standard InChI is InChI=1S/C19H28N2O/c1-2-3-4-5-6-7-8-9-12-15-21-18-14-11-10-13-17(18)20-19(21)16-22/h10-11,13-14,16H,2-9,12,15H2,1H3. The van der Waals surface area contributed by atoms with Crippen LogP contribution in [0.5, 0.6) is 0 Å². The van der Waals surface area contributed by atoms with E-state index in [9.17, 15) is 4.79 Å². The second-order valence-electron chi connectivity index (χ2n) is 6.06. The van der Waals surface area contributed by atoms with Crippen LogP contribution in [-0.4, -0.2) is 15.8 Å². The number of benzene rings is 1. The van der Waals surface area contributed by atoms with E-state index in [1.165, 1.54) is 51.4 Å². The molecule has 0 aliphatic rings. The van der Waals surface area contributed by atoms with Gasteiger partial charge in [-0.05, 0) is 18.6 Å². The van der Waals surface area contributed by atoms with Crippen molar-refractivity contribution in [3.8, 4) is 0 Å². The van der Waals surface area contributed by atoms with Crippen LogP contribution in [0.25, 0.3) is 11.0 Å². The predicted molar refractivity (Wildman–Crippen MR) is 92.3 cm³/mol. The van der Waals surface area contributed by atoms with Crippen molar-refractivity contribution in [1.82, 2.24) is 9.55 Å². The molecule has 3 nitrogen and oxygen atoms in total. The number of aromatic nitrogens is 2. The Hall–Kier alpha value is -1.64. The summed E-state index contributed by atoms with van der Waals surface area (Å²) in [6.45, 7) is 3.15. The molecule has 0 fully saturated rings. The number of carbonyl (C=O) groups excluding carboxylic acids is 1. The van der Waals surface area contributed by atoms with Crippen LogP contribution in [0.1, 0.15) is 75.3 Å². The van der Waals surface area contributed by atoms with Gasteiger partial charge in [0.2, 0.25) is 0 Å². The number of para-hydroxylation sites is 2. The number of rotatable bonds is 11. The summed E-state index contributed by atoms with van der Waals surface area (Å²) >= 11 is 0. The monoisotopic (exact) mass is 300 g/mol. The summed E-state index contributed by atoms with van der Waals surface area (Å²) in [6.07, 6.45) is 12.7. The van der Waals surface area contributed by atoms with Gasteiger partial charge >= 0.3 is 0 Å². The fourth-order valence-electron chi connectivity index (χ4n) is 3.00. The van der Waals surface area contributed by atoms with Gasteiger partial charge < -0.3 is 4.57 Å². The van der Waals surface area contributed by atoms with Gasteiger partial charge in [-0.15, -0.1) is 0 Å². The van der Waals surface area contributed by atoms with Crippen molar-refractivity contribution in [2.45, 2.75) is 71.3 Å². The third kappa shape index (κ3) is 4.69. The van der Waals surface area contributed by atoms with E-state index in [0.717, 1.165) is 30.3 Å². The van der Waals surface area contributed by atoms with E-state index in [1.807, 2.05) is 24.3 Å². The molecule has 3 heteroatoms. The summed E-state index contributed by atoms with van der Waals surface area (Å²) in [7, 11) is 0. The molecule has 1 aromatic carbocycles. The lowest BCUT2D eigenvalue weighted by Crippen LogP contribution is -2.03. The molecule has 0 atom stereocenters. The Kier molecular flexibility index (Phi) is 7.14. The van der Waals surface area contributed by atoms with Crippen molar-refractivity contribution in [3.63, 3.8) is 0 Å². The van der Waals surface area contributed by atoms with Crippen LogP contribution < -0.4 is 0 Å². The van der Waals surface area contributed by atoms with Crippen LogP contribution in [-0.2, 0) is 6.54 Å². The Balaban J connectivity index is 1.72. The number of fused-ring (bicyclic) bond motifs is 1. The molecule has 0 unspecified atom stereocenters. The molecule has 2 rings (SSSR count). The van der Waals surface area contributed by atoms with E-state index in [1.54, 1.807) is 0 Å². The van der Waals surface area contributed by atoms with Crippen molar-refractivity contribution in [2.24, 2.45) is 0 Å². The van der Waals surface area contributed by atoms with Gasteiger partial charge in [-0.1, -0.05) is 70.4 Å². The number of imidazole rings is 1. The molecular weight excluding hydrogens is 272 g/mol. The maximum Gasteiger partial charge on any atom is 0.185 e. The van der Waals surface area contributed by atoms with Gasteiger partial charge in [0.05, 0.1) is 11.0 Å². The van der Waals surface area contributed by atoms with Crippen molar-refractivity contribution in [3.05, 3.63) is 30.1 Å². The molecule has 0 spiro atoms. The van der Waals surface area contributed by atoms with Gasteiger partial charge in [-0.25, -0.2) is 4.98 Å². The zero-order valence-electron chi connectivity index (χ0n) is 13.8. The van der Waals surface area contributed by atoms with E-state index in [4.69, 9.17) is 0 Å². The Morgan fingerprint density at radius 2 is 1.59 bits per heavy atom. The van der Waals surface area contributed by atoms with Crippen molar-refractivity contribution < 1.29 is 4.79 Å². The Labute approximate surface area is 133 Å². The zero-order valence-corrected chi connectivity index (χ0v) is 13.8. The number of carbonyl (C=O) groups is 1. The molecule has 0 bridgehead atoms. The highest BCUT2D eigenvalue weighted by atomic mass is 16.1. The molecule has 0 saturated heterocycles. The minimum Gasteiger partial charge on any atom is -0.322 e. The van der Waals surface area contributed by atoms with E-state index in [2.05, 4.69) is 16.5 Å². The molecule has 120 valence electrons. The van der Waals surface area contributed by atoms with Crippen LogP contribution in [0.4, 0.5) is 0 Å². The summed E-state index contributed by atoms with van der Waals surface area (Å²) in [5.74, 6) is 0.556. The Morgan fingerprint density at radius 1 is 0.955 bits per heavy atom. The quantitative estimate of drug-likeness (QED) is 0.412. The summed E-state index contributed by atoms with van der Waals surface area (Å²) in [5, 5.41) is 0. The molecule has 1 aromatic heterocycles. The molecule has 0 N–H and O–H groups in total. The molecule has 0 aliphatic carbocycles. The topological polar surface area (TPSA) is 34.9 Å². The molecule has 0 saturated carbocycles. The van der Waals surface area contributed by atoms with Crippen LogP contribution in [0, 0.1) is 0 Å². The Bertz CT molecular complexity index is 574. The highest BCUT2D eigenvalue weighted by Crippen LogP contribution is 2.17. The minimum absolute atomic E-state index is 0.556. The molecule has 2 aromatic rings. The largest absolute Gasteiger partial charge is 0.322 e. The molecular formula is C19H28N2O. The lowest BCUT2D eigenvalue weighted by atomic mass is 10.1. The van der Waals surface area contributed by atoms with Crippen LogP contribution in [0.2, 0.25) is 0 Å². The first kappa shape index (κ1) is 16.7. The zero-order chi connectivity index (χ0) is 15.6. The lowest BCUT2D eigenvalue weighted by Gasteiger charge is -2.06. The fourth-order valence-corrected chi connectivity index (χ4v) is 3.00. The third-order valence-corrected chi connectivity index (χ3v) is 4.27. The van der Waals surface area contributed by atoms with Crippen LogP contribution >= 0.6 is 0 Å². The van der Waals surface area contributed by atoms with E-state index in [-0.39, 0.29) is 0 Å². The van der Waals surface area contributed by atoms with Crippen molar-refractivity contribution in [2.75, 3.05) is 0 Å². The fraction of sp³-hybridized carbons (Fsp3) is 0.579. The predicted octanol–water partition coefficient (Wildman–Crippen LogP) is 5.38. The summed E-state index contributed by atoms with van der Waals surface area (Å²) in [5.41, 5.74) is 1.99. The molecule has 22 heavy (non-hydrogen) atoms. The molecule has 0 aliphatic heterocycles. The maximum atomic E-state index is 11.2. The highest BCUT2D eigenvalue weighted by molar-refractivity contribution is 5.82. The number of hydrogen-bond donors (Lipinski definition) is 0. The number of nitrogens with zero attached hydrogens (tertiary/aromatic N) is 2. The average molecular weight is 300 g/mol. The normalized spacial score (nSPS) is 11.1. The highest BCUT2D eigenvalue weighted by Gasteiger charge is 2.08. The first-order valence-electron chi connectivity index (χ1n) is 8.77. The smallest absolute Gasteiger partial charge is 0.185 e. The van der Waals surface area contributed by atoms with E-state index in [0.29, 0.717) is 5.82 Å². The van der Waals surface area contributed by atoms with E-state index >= 15 is 0 Å².